The van der Waals surface area contributed by atoms with E-state index in [0.29, 0.717) is 12.2 Å². The first-order valence-corrected chi connectivity index (χ1v) is 9.67. The molecule has 2 amide bonds. The maximum absolute atomic E-state index is 13.0. The highest BCUT2D eigenvalue weighted by atomic mass is 16.2. The number of benzene rings is 3. The lowest BCUT2D eigenvalue weighted by atomic mass is 10.00. The summed E-state index contributed by atoms with van der Waals surface area (Å²) in [6.45, 7) is 3.96. The van der Waals surface area contributed by atoms with Crippen LogP contribution in [0.4, 0.5) is 11.4 Å². The summed E-state index contributed by atoms with van der Waals surface area (Å²) < 4.78 is 0. The third-order valence-electron chi connectivity index (χ3n) is 4.92. The van der Waals surface area contributed by atoms with Crippen LogP contribution in [0.3, 0.4) is 0 Å². The Morgan fingerprint density at radius 1 is 1.00 bits per heavy atom. The summed E-state index contributed by atoms with van der Waals surface area (Å²) in [5.74, 6) is -0.317. The zero-order valence-corrected chi connectivity index (χ0v) is 16.4. The molecule has 3 aromatic rings. The van der Waals surface area contributed by atoms with Crippen molar-refractivity contribution >= 4 is 28.9 Å². The van der Waals surface area contributed by atoms with Gasteiger partial charge in [-0.1, -0.05) is 67.2 Å². The van der Waals surface area contributed by atoms with Gasteiger partial charge >= 0.3 is 0 Å². The standard InChI is InChI=1S/C25H21N3O2/c1-2-23(29)27-20-14-12-18(13-15-20)17-28-22-11-7-6-10-21(22)25(26-16-24(28)30)19-8-4-3-5-9-19/h2-15H,1,16-17H2,(H,27,29). The number of amides is 2. The summed E-state index contributed by atoms with van der Waals surface area (Å²) in [7, 11) is 0. The molecule has 0 bridgehead atoms. The van der Waals surface area contributed by atoms with Gasteiger partial charge in [0, 0.05) is 16.8 Å². The van der Waals surface area contributed by atoms with E-state index in [1.54, 1.807) is 4.90 Å². The van der Waals surface area contributed by atoms with Gasteiger partial charge in [0.15, 0.2) is 0 Å². The van der Waals surface area contributed by atoms with Crippen molar-refractivity contribution in [3.63, 3.8) is 0 Å². The number of nitrogens with zero attached hydrogens (tertiary/aromatic N) is 2. The topological polar surface area (TPSA) is 61.8 Å². The maximum Gasteiger partial charge on any atom is 0.248 e. The van der Waals surface area contributed by atoms with Gasteiger partial charge in [0.25, 0.3) is 0 Å². The van der Waals surface area contributed by atoms with E-state index >= 15 is 0 Å². The third-order valence-corrected chi connectivity index (χ3v) is 4.92. The Morgan fingerprint density at radius 2 is 1.70 bits per heavy atom. The molecule has 0 saturated heterocycles. The van der Waals surface area contributed by atoms with Gasteiger partial charge in [0.05, 0.1) is 17.9 Å². The van der Waals surface area contributed by atoms with Crippen LogP contribution in [0.1, 0.15) is 16.7 Å². The van der Waals surface area contributed by atoms with Crippen LogP contribution in [0.2, 0.25) is 0 Å². The molecule has 5 nitrogen and oxygen atoms in total. The Balaban J connectivity index is 1.64. The molecular formula is C25H21N3O2. The summed E-state index contributed by atoms with van der Waals surface area (Å²) in [6, 6.07) is 25.2. The minimum atomic E-state index is -0.259. The molecule has 1 N–H and O–H groups in total. The van der Waals surface area contributed by atoms with Crippen LogP contribution in [0.15, 0.2) is 96.5 Å². The number of hydrogen-bond donors (Lipinski definition) is 1. The van der Waals surface area contributed by atoms with Crippen molar-refractivity contribution in [1.82, 2.24) is 0 Å². The van der Waals surface area contributed by atoms with Crippen molar-refractivity contribution in [1.29, 1.82) is 0 Å². The molecule has 1 heterocycles. The minimum absolute atomic E-state index is 0.0579. The van der Waals surface area contributed by atoms with Gasteiger partial charge in [-0.05, 0) is 29.8 Å². The van der Waals surface area contributed by atoms with Crippen molar-refractivity contribution in [2.24, 2.45) is 4.99 Å². The van der Waals surface area contributed by atoms with Gasteiger partial charge < -0.3 is 10.2 Å². The Kier molecular flexibility index (Phi) is 5.52. The molecule has 1 aliphatic rings. The number of aliphatic imine (C=N–C) groups is 1. The summed E-state index contributed by atoms with van der Waals surface area (Å²) in [6.07, 6.45) is 1.23. The lowest BCUT2D eigenvalue weighted by Crippen LogP contribution is -2.31. The average Bonchev–Trinajstić information content (AvgIpc) is 2.92. The molecule has 0 aromatic heterocycles. The second-order valence-electron chi connectivity index (χ2n) is 6.92. The fraction of sp³-hybridized carbons (Fsp3) is 0.0800. The number of fused-ring (bicyclic) bond motifs is 1. The van der Waals surface area contributed by atoms with E-state index in [2.05, 4.69) is 16.9 Å². The van der Waals surface area contributed by atoms with Crippen LogP contribution in [-0.4, -0.2) is 24.1 Å². The van der Waals surface area contributed by atoms with Gasteiger partial charge in [-0.25, -0.2) is 0 Å². The zero-order chi connectivity index (χ0) is 20.9. The Morgan fingerprint density at radius 3 is 2.43 bits per heavy atom. The highest BCUT2D eigenvalue weighted by Crippen LogP contribution is 2.28. The van der Waals surface area contributed by atoms with Crippen LogP contribution in [-0.2, 0) is 16.1 Å². The predicted octanol–water partition coefficient (Wildman–Crippen LogP) is 4.20. The average molecular weight is 395 g/mol. The van der Waals surface area contributed by atoms with E-state index in [1.807, 2.05) is 78.9 Å². The molecule has 5 heteroatoms. The predicted molar refractivity (Wildman–Crippen MR) is 120 cm³/mol. The fourth-order valence-corrected chi connectivity index (χ4v) is 3.45. The molecule has 3 aromatic carbocycles. The van der Waals surface area contributed by atoms with Gasteiger partial charge in [0.2, 0.25) is 11.8 Å². The van der Waals surface area contributed by atoms with Crippen LogP contribution in [0.25, 0.3) is 0 Å². The van der Waals surface area contributed by atoms with E-state index in [4.69, 9.17) is 0 Å². The lowest BCUT2D eigenvalue weighted by Gasteiger charge is -2.23. The van der Waals surface area contributed by atoms with Crippen molar-refractivity contribution in [2.45, 2.75) is 6.54 Å². The summed E-state index contributed by atoms with van der Waals surface area (Å²) in [5, 5.41) is 2.72. The largest absolute Gasteiger partial charge is 0.323 e. The maximum atomic E-state index is 13.0. The normalized spacial score (nSPS) is 13.1. The first-order chi connectivity index (χ1) is 14.7. The molecule has 0 spiro atoms. The number of anilines is 2. The monoisotopic (exact) mass is 395 g/mol. The van der Waals surface area contributed by atoms with Gasteiger partial charge in [0.1, 0.15) is 6.54 Å². The summed E-state index contributed by atoms with van der Waals surface area (Å²) >= 11 is 0. The van der Waals surface area contributed by atoms with Gasteiger partial charge in [-0.3, -0.25) is 14.6 Å². The van der Waals surface area contributed by atoms with Gasteiger partial charge in [-0.15, -0.1) is 0 Å². The highest BCUT2D eigenvalue weighted by Gasteiger charge is 2.24. The molecule has 0 aliphatic carbocycles. The Hall–Kier alpha value is -3.99. The SMILES string of the molecule is C=CC(=O)Nc1ccc(CN2C(=O)CN=C(c3ccccc3)c3ccccc32)cc1. The Bertz CT molecular complexity index is 1120. The fourth-order valence-electron chi connectivity index (χ4n) is 3.45. The summed E-state index contributed by atoms with van der Waals surface area (Å²) in [4.78, 5) is 30.8. The number of nitrogens with one attached hydrogen (secondary N) is 1. The molecule has 0 radical (unpaired) electrons. The molecule has 4 rings (SSSR count). The van der Waals surface area contributed by atoms with E-state index < -0.39 is 0 Å². The van der Waals surface area contributed by atoms with Gasteiger partial charge in [-0.2, -0.15) is 0 Å². The third kappa shape index (κ3) is 4.05. The number of para-hydroxylation sites is 1. The highest BCUT2D eigenvalue weighted by molar-refractivity contribution is 6.19. The minimum Gasteiger partial charge on any atom is -0.323 e. The second-order valence-corrected chi connectivity index (χ2v) is 6.92. The quantitative estimate of drug-likeness (QED) is 0.659. The molecular weight excluding hydrogens is 374 g/mol. The van der Waals surface area contributed by atoms with Crippen LogP contribution >= 0.6 is 0 Å². The first-order valence-electron chi connectivity index (χ1n) is 9.67. The number of benzodiazepines with no additional fused rings is 1. The van der Waals surface area contributed by atoms with E-state index in [0.717, 1.165) is 28.1 Å². The molecule has 0 fully saturated rings. The first kappa shape index (κ1) is 19.3. The van der Waals surface area contributed by atoms with Crippen molar-refractivity contribution in [2.75, 3.05) is 16.8 Å². The molecule has 30 heavy (non-hydrogen) atoms. The van der Waals surface area contributed by atoms with Crippen molar-refractivity contribution in [3.8, 4) is 0 Å². The van der Waals surface area contributed by atoms with E-state index in [9.17, 15) is 9.59 Å². The molecule has 0 atom stereocenters. The van der Waals surface area contributed by atoms with E-state index in [-0.39, 0.29) is 18.4 Å². The molecule has 148 valence electrons. The van der Waals surface area contributed by atoms with Crippen LogP contribution in [0.5, 0.6) is 0 Å². The molecule has 0 saturated carbocycles. The molecule has 1 aliphatic heterocycles. The summed E-state index contributed by atoms with van der Waals surface area (Å²) in [5.41, 5.74) is 5.22. The van der Waals surface area contributed by atoms with Crippen LogP contribution in [0, 0.1) is 0 Å². The molecule has 0 unspecified atom stereocenters. The van der Waals surface area contributed by atoms with Crippen LogP contribution < -0.4 is 10.2 Å². The number of carbonyl (C=O) groups is 2. The Labute approximate surface area is 175 Å². The zero-order valence-electron chi connectivity index (χ0n) is 16.4. The van der Waals surface area contributed by atoms with E-state index in [1.165, 1.54) is 6.08 Å². The van der Waals surface area contributed by atoms with Crippen molar-refractivity contribution in [3.05, 3.63) is 108 Å². The number of rotatable bonds is 5. The number of carbonyl (C=O) groups excluding carboxylic acids is 2. The van der Waals surface area contributed by atoms with Crippen molar-refractivity contribution < 1.29 is 9.59 Å². The number of hydrogen-bond acceptors (Lipinski definition) is 3. The lowest BCUT2D eigenvalue weighted by molar-refractivity contribution is -0.117. The smallest absolute Gasteiger partial charge is 0.248 e. The second kappa shape index (κ2) is 8.57.